The van der Waals surface area contributed by atoms with Crippen LogP contribution in [0.4, 0.5) is 4.39 Å². The molecule has 21 heavy (non-hydrogen) atoms. The molecule has 0 bridgehead atoms. The van der Waals surface area contributed by atoms with Gasteiger partial charge in [0, 0.05) is 16.9 Å². The molecule has 2 aromatic rings. The number of fused-ring (bicyclic) bond motifs is 1. The van der Waals surface area contributed by atoms with Crippen LogP contribution < -0.4 is 10.5 Å². The first-order valence-corrected chi connectivity index (χ1v) is 7.85. The maximum absolute atomic E-state index is 13.2. The lowest BCUT2D eigenvalue weighted by Gasteiger charge is -2.15. The third-order valence-corrected chi connectivity index (χ3v) is 4.15. The summed E-state index contributed by atoms with van der Waals surface area (Å²) in [5, 5.41) is 0. The maximum atomic E-state index is 13.2. The Hall–Kier alpha value is -1.39. The molecular formula is C17H17BrFNO. The van der Waals surface area contributed by atoms with E-state index in [1.54, 1.807) is 12.1 Å². The van der Waals surface area contributed by atoms with Crippen molar-refractivity contribution in [3.63, 3.8) is 0 Å². The van der Waals surface area contributed by atoms with Gasteiger partial charge in [0.1, 0.15) is 11.6 Å². The first kappa shape index (κ1) is 14.5. The van der Waals surface area contributed by atoms with E-state index in [4.69, 9.17) is 10.5 Å². The van der Waals surface area contributed by atoms with Gasteiger partial charge in [0.2, 0.25) is 0 Å². The number of hydrogen-bond donors (Lipinski definition) is 1. The van der Waals surface area contributed by atoms with E-state index in [1.807, 2.05) is 6.07 Å². The zero-order valence-corrected chi connectivity index (χ0v) is 13.2. The molecule has 2 nitrogen and oxygen atoms in total. The summed E-state index contributed by atoms with van der Waals surface area (Å²) in [6.45, 7) is 0.734. The fraction of sp³-hybridized carbons (Fsp3) is 0.294. The van der Waals surface area contributed by atoms with E-state index in [9.17, 15) is 4.39 Å². The Morgan fingerprint density at radius 3 is 2.90 bits per heavy atom. The Morgan fingerprint density at radius 2 is 2.10 bits per heavy atom. The van der Waals surface area contributed by atoms with Crippen LogP contribution in [-0.4, -0.2) is 12.6 Å². The lowest BCUT2D eigenvalue weighted by Crippen LogP contribution is -2.25. The average Bonchev–Trinajstić information content (AvgIpc) is 2.86. The molecule has 0 saturated carbocycles. The molecule has 0 fully saturated rings. The molecular weight excluding hydrogens is 333 g/mol. The quantitative estimate of drug-likeness (QED) is 0.914. The molecule has 2 N–H and O–H groups in total. The van der Waals surface area contributed by atoms with Crippen molar-refractivity contribution in [3.8, 4) is 5.75 Å². The van der Waals surface area contributed by atoms with Crippen molar-refractivity contribution in [3.05, 3.63) is 63.4 Å². The summed E-state index contributed by atoms with van der Waals surface area (Å²) in [5.74, 6) is 0.763. The number of benzene rings is 2. The lowest BCUT2D eigenvalue weighted by atomic mass is 9.97. The zero-order valence-electron chi connectivity index (χ0n) is 11.6. The molecule has 0 radical (unpaired) electrons. The SMILES string of the molecule is NC(Cc1cccc(F)c1)Cc1cc(Br)cc2c1OCC2. The average molecular weight is 350 g/mol. The summed E-state index contributed by atoms with van der Waals surface area (Å²) in [7, 11) is 0. The van der Waals surface area contributed by atoms with Gasteiger partial charge in [-0.2, -0.15) is 0 Å². The van der Waals surface area contributed by atoms with Crippen molar-refractivity contribution in [2.45, 2.75) is 25.3 Å². The Balaban J connectivity index is 1.75. The van der Waals surface area contributed by atoms with E-state index in [1.165, 1.54) is 11.6 Å². The second kappa shape index (κ2) is 6.16. The molecule has 1 atom stereocenters. The molecule has 1 aliphatic heterocycles. The summed E-state index contributed by atoms with van der Waals surface area (Å²) in [4.78, 5) is 0. The van der Waals surface area contributed by atoms with Crippen LogP contribution in [0.25, 0.3) is 0 Å². The summed E-state index contributed by atoms with van der Waals surface area (Å²) >= 11 is 3.54. The summed E-state index contributed by atoms with van der Waals surface area (Å²) in [6.07, 6.45) is 2.32. The highest BCUT2D eigenvalue weighted by molar-refractivity contribution is 9.10. The van der Waals surface area contributed by atoms with E-state index in [2.05, 4.69) is 28.1 Å². The molecule has 110 valence electrons. The smallest absolute Gasteiger partial charge is 0.125 e. The Morgan fingerprint density at radius 1 is 1.24 bits per heavy atom. The summed E-state index contributed by atoms with van der Waals surface area (Å²) < 4.78 is 20.0. The van der Waals surface area contributed by atoms with Gasteiger partial charge in [0.25, 0.3) is 0 Å². The van der Waals surface area contributed by atoms with E-state index < -0.39 is 0 Å². The molecule has 1 unspecified atom stereocenters. The van der Waals surface area contributed by atoms with Gasteiger partial charge in [-0.25, -0.2) is 4.39 Å². The highest BCUT2D eigenvalue weighted by Gasteiger charge is 2.19. The van der Waals surface area contributed by atoms with Crippen LogP contribution >= 0.6 is 15.9 Å². The largest absolute Gasteiger partial charge is 0.493 e. The van der Waals surface area contributed by atoms with E-state index in [0.717, 1.165) is 40.8 Å². The molecule has 3 rings (SSSR count). The van der Waals surface area contributed by atoms with Gasteiger partial charge in [0.05, 0.1) is 6.61 Å². The molecule has 0 aromatic heterocycles. The lowest BCUT2D eigenvalue weighted by molar-refractivity contribution is 0.352. The highest BCUT2D eigenvalue weighted by atomic mass is 79.9. The molecule has 2 aromatic carbocycles. The Kier molecular flexibility index (Phi) is 4.27. The highest BCUT2D eigenvalue weighted by Crippen LogP contribution is 2.33. The first-order valence-electron chi connectivity index (χ1n) is 7.06. The first-order chi connectivity index (χ1) is 10.1. The number of nitrogens with two attached hydrogens (primary N) is 1. The number of rotatable bonds is 4. The monoisotopic (exact) mass is 349 g/mol. The van der Waals surface area contributed by atoms with Gasteiger partial charge in [-0.15, -0.1) is 0 Å². The van der Waals surface area contributed by atoms with Gasteiger partial charge in [-0.05, 0) is 53.8 Å². The Labute approximate surface area is 132 Å². The summed E-state index contributed by atoms with van der Waals surface area (Å²) in [5.41, 5.74) is 9.52. The van der Waals surface area contributed by atoms with Crippen LogP contribution in [0.15, 0.2) is 40.9 Å². The van der Waals surface area contributed by atoms with Gasteiger partial charge < -0.3 is 10.5 Å². The van der Waals surface area contributed by atoms with Gasteiger partial charge >= 0.3 is 0 Å². The van der Waals surface area contributed by atoms with Crippen molar-refractivity contribution < 1.29 is 9.13 Å². The zero-order chi connectivity index (χ0) is 14.8. The predicted molar refractivity (Wildman–Crippen MR) is 85.1 cm³/mol. The van der Waals surface area contributed by atoms with Crippen LogP contribution in [0.1, 0.15) is 16.7 Å². The molecule has 0 aliphatic carbocycles. The van der Waals surface area contributed by atoms with Gasteiger partial charge in [-0.1, -0.05) is 28.1 Å². The van der Waals surface area contributed by atoms with Gasteiger partial charge in [0.15, 0.2) is 0 Å². The minimum absolute atomic E-state index is 0.0607. The standard InChI is InChI=1S/C17H17BrFNO/c18-14-8-12-4-5-21-17(12)13(9-14)10-16(20)7-11-2-1-3-15(19)6-11/h1-3,6,8-9,16H,4-5,7,10,20H2. The molecule has 1 heterocycles. The molecule has 0 saturated heterocycles. The molecule has 0 spiro atoms. The number of hydrogen-bond acceptors (Lipinski definition) is 2. The fourth-order valence-electron chi connectivity index (χ4n) is 2.82. The second-order valence-electron chi connectivity index (χ2n) is 5.45. The molecule has 1 aliphatic rings. The van der Waals surface area contributed by atoms with Crippen molar-refractivity contribution in [1.29, 1.82) is 0 Å². The van der Waals surface area contributed by atoms with Crippen LogP contribution in [0, 0.1) is 5.82 Å². The minimum atomic E-state index is -0.216. The van der Waals surface area contributed by atoms with Crippen molar-refractivity contribution in [2.75, 3.05) is 6.61 Å². The van der Waals surface area contributed by atoms with Crippen LogP contribution in [-0.2, 0) is 19.3 Å². The van der Waals surface area contributed by atoms with Crippen LogP contribution in [0.2, 0.25) is 0 Å². The summed E-state index contributed by atoms with van der Waals surface area (Å²) in [6, 6.07) is 10.7. The van der Waals surface area contributed by atoms with Crippen LogP contribution in [0.5, 0.6) is 5.75 Å². The third kappa shape index (κ3) is 3.44. The molecule has 0 amide bonds. The maximum Gasteiger partial charge on any atom is 0.125 e. The van der Waals surface area contributed by atoms with Crippen molar-refractivity contribution in [2.24, 2.45) is 5.73 Å². The minimum Gasteiger partial charge on any atom is -0.493 e. The number of halogens is 2. The fourth-order valence-corrected chi connectivity index (χ4v) is 3.37. The number of ether oxygens (including phenoxy) is 1. The molecule has 4 heteroatoms. The second-order valence-corrected chi connectivity index (χ2v) is 6.37. The van der Waals surface area contributed by atoms with Crippen molar-refractivity contribution >= 4 is 15.9 Å². The van der Waals surface area contributed by atoms with E-state index in [-0.39, 0.29) is 11.9 Å². The Bertz CT molecular complexity index is 659. The topological polar surface area (TPSA) is 35.2 Å². The normalized spacial score (nSPS) is 14.6. The van der Waals surface area contributed by atoms with Gasteiger partial charge in [-0.3, -0.25) is 0 Å². The van der Waals surface area contributed by atoms with E-state index in [0.29, 0.717) is 6.42 Å². The van der Waals surface area contributed by atoms with Crippen molar-refractivity contribution in [1.82, 2.24) is 0 Å². The predicted octanol–water partition coefficient (Wildman–Crippen LogP) is 3.64. The third-order valence-electron chi connectivity index (χ3n) is 3.69. The van der Waals surface area contributed by atoms with E-state index >= 15 is 0 Å². The van der Waals surface area contributed by atoms with Crippen LogP contribution in [0.3, 0.4) is 0 Å².